The Kier molecular flexibility index (Phi) is 4.98. The number of carbonyl (C=O) groups excluding carboxylic acids is 2. The topological polar surface area (TPSA) is 55.8 Å². The molecule has 0 radical (unpaired) electrons. The number of nitrogens with zero attached hydrogens (tertiary/aromatic N) is 1. The highest BCUT2D eigenvalue weighted by Crippen LogP contribution is 2.27. The predicted molar refractivity (Wildman–Crippen MR) is 74.3 cm³/mol. The number of amides is 1. The number of likely N-dealkylation sites (tertiary alicyclic amines) is 1. The van der Waals surface area contributed by atoms with Crippen molar-refractivity contribution >= 4 is 12.2 Å². The quantitative estimate of drug-likeness (QED) is 0.745. The Morgan fingerprint density at radius 3 is 2.70 bits per heavy atom. The van der Waals surface area contributed by atoms with E-state index < -0.39 is 0 Å². The van der Waals surface area contributed by atoms with Crippen LogP contribution in [0.15, 0.2) is 18.2 Å². The second kappa shape index (κ2) is 6.93. The SMILES string of the molecule is COc1cc(C=O)ccc1OCCC(=O)N1CCCC1. The molecule has 1 heterocycles. The highest BCUT2D eigenvalue weighted by molar-refractivity contribution is 5.77. The number of aldehydes is 1. The summed E-state index contributed by atoms with van der Waals surface area (Å²) in [5, 5.41) is 0. The van der Waals surface area contributed by atoms with Gasteiger partial charge in [-0.25, -0.2) is 0 Å². The molecule has 20 heavy (non-hydrogen) atoms. The molecule has 0 spiro atoms. The van der Waals surface area contributed by atoms with E-state index in [1.165, 1.54) is 7.11 Å². The van der Waals surface area contributed by atoms with Crippen LogP contribution in [-0.4, -0.2) is 43.9 Å². The summed E-state index contributed by atoms with van der Waals surface area (Å²) in [5.74, 6) is 1.18. The Labute approximate surface area is 118 Å². The number of carbonyl (C=O) groups is 2. The largest absolute Gasteiger partial charge is 0.493 e. The van der Waals surface area contributed by atoms with Gasteiger partial charge in [0.25, 0.3) is 0 Å². The molecule has 0 atom stereocenters. The fourth-order valence-corrected chi connectivity index (χ4v) is 2.25. The summed E-state index contributed by atoms with van der Waals surface area (Å²) in [7, 11) is 1.52. The van der Waals surface area contributed by atoms with Crippen molar-refractivity contribution in [2.24, 2.45) is 0 Å². The summed E-state index contributed by atoms with van der Waals surface area (Å²) >= 11 is 0. The number of methoxy groups -OCH3 is 1. The monoisotopic (exact) mass is 277 g/mol. The number of hydrogen-bond acceptors (Lipinski definition) is 4. The van der Waals surface area contributed by atoms with Gasteiger partial charge in [0.05, 0.1) is 20.1 Å². The van der Waals surface area contributed by atoms with Gasteiger partial charge in [-0.3, -0.25) is 9.59 Å². The zero-order chi connectivity index (χ0) is 14.4. The van der Waals surface area contributed by atoms with Crippen LogP contribution >= 0.6 is 0 Å². The van der Waals surface area contributed by atoms with Gasteiger partial charge in [-0.1, -0.05) is 0 Å². The first kappa shape index (κ1) is 14.4. The van der Waals surface area contributed by atoms with Crippen LogP contribution in [0.2, 0.25) is 0 Å². The van der Waals surface area contributed by atoms with Crippen molar-refractivity contribution in [3.05, 3.63) is 23.8 Å². The lowest BCUT2D eigenvalue weighted by atomic mass is 10.2. The minimum atomic E-state index is 0.131. The summed E-state index contributed by atoms with van der Waals surface area (Å²) in [6.45, 7) is 2.03. The lowest BCUT2D eigenvalue weighted by Gasteiger charge is -2.16. The van der Waals surface area contributed by atoms with Crippen molar-refractivity contribution in [2.75, 3.05) is 26.8 Å². The van der Waals surface area contributed by atoms with Crippen LogP contribution in [0.1, 0.15) is 29.6 Å². The summed E-state index contributed by atoms with van der Waals surface area (Å²) < 4.78 is 10.7. The average Bonchev–Trinajstić information content (AvgIpc) is 3.01. The summed E-state index contributed by atoms with van der Waals surface area (Å²) in [6.07, 6.45) is 3.29. The Morgan fingerprint density at radius 1 is 1.30 bits per heavy atom. The van der Waals surface area contributed by atoms with Gasteiger partial charge in [0.2, 0.25) is 5.91 Å². The third-order valence-electron chi connectivity index (χ3n) is 3.36. The van der Waals surface area contributed by atoms with E-state index in [0.717, 1.165) is 32.2 Å². The minimum Gasteiger partial charge on any atom is -0.493 e. The van der Waals surface area contributed by atoms with E-state index in [1.54, 1.807) is 18.2 Å². The van der Waals surface area contributed by atoms with Gasteiger partial charge in [0.1, 0.15) is 6.29 Å². The van der Waals surface area contributed by atoms with Crippen LogP contribution in [0.3, 0.4) is 0 Å². The summed E-state index contributed by atoms with van der Waals surface area (Å²) in [5.41, 5.74) is 0.530. The minimum absolute atomic E-state index is 0.131. The molecule has 5 heteroatoms. The van der Waals surface area contributed by atoms with Crippen LogP contribution in [0.5, 0.6) is 11.5 Å². The predicted octanol–water partition coefficient (Wildman–Crippen LogP) is 1.90. The van der Waals surface area contributed by atoms with Gasteiger partial charge in [-0.2, -0.15) is 0 Å². The van der Waals surface area contributed by atoms with Gasteiger partial charge in [0.15, 0.2) is 11.5 Å². The normalized spacial score (nSPS) is 14.2. The van der Waals surface area contributed by atoms with E-state index in [4.69, 9.17) is 9.47 Å². The molecule has 1 aliphatic heterocycles. The van der Waals surface area contributed by atoms with Crippen LogP contribution in [-0.2, 0) is 4.79 Å². The highest BCUT2D eigenvalue weighted by atomic mass is 16.5. The Balaban J connectivity index is 1.87. The molecule has 1 amide bonds. The van der Waals surface area contributed by atoms with Gasteiger partial charge >= 0.3 is 0 Å². The van der Waals surface area contributed by atoms with Crippen molar-refractivity contribution in [2.45, 2.75) is 19.3 Å². The van der Waals surface area contributed by atoms with E-state index in [9.17, 15) is 9.59 Å². The molecule has 0 aromatic heterocycles. The molecule has 1 aromatic carbocycles. The van der Waals surface area contributed by atoms with E-state index in [0.29, 0.717) is 30.1 Å². The van der Waals surface area contributed by atoms with E-state index in [1.807, 2.05) is 4.90 Å². The molecule has 0 N–H and O–H groups in total. The maximum atomic E-state index is 11.9. The van der Waals surface area contributed by atoms with E-state index in [-0.39, 0.29) is 5.91 Å². The lowest BCUT2D eigenvalue weighted by molar-refractivity contribution is -0.130. The van der Waals surface area contributed by atoms with Gasteiger partial charge in [-0.05, 0) is 31.0 Å². The Hall–Kier alpha value is -2.04. The average molecular weight is 277 g/mol. The molecule has 2 rings (SSSR count). The zero-order valence-corrected chi connectivity index (χ0v) is 11.6. The number of benzene rings is 1. The van der Waals surface area contributed by atoms with Crippen LogP contribution in [0, 0.1) is 0 Å². The van der Waals surface area contributed by atoms with Crippen LogP contribution in [0.25, 0.3) is 0 Å². The number of ether oxygens (including phenoxy) is 2. The summed E-state index contributed by atoms with van der Waals surface area (Å²) in [4.78, 5) is 24.4. The first-order valence-electron chi connectivity index (χ1n) is 6.78. The molecule has 1 aliphatic rings. The van der Waals surface area contributed by atoms with Crippen molar-refractivity contribution in [3.63, 3.8) is 0 Å². The highest BCUT2D eigenvalue weighted by Gasteiger charge is 2.17. The molecule has 1 fully saturated rings. The zero-order valence-electron chi connectivity index (χ0n) is 11.6. The first-order chi connectivity index (χ1) is 9.74. The maximum Gasteiger partial charge on any atom is 0.225 e. The molecular formula is C15H19NO4. The second-order valence-corrected chi connectivity index (χ2v) is 4.71. The molecule has 0 bridgehead atoms. The third-order valence-corrected chi connectivity index (χ3v) is 3.36. The fraction of sp³-hybridized carbons (Fsp3) is 0.467. The molecule has 0 unspecified atom stereocenters. The van der Waals surface area contributed by atoms with Gasteiger partial charge < -0.3 is 14.4 Å². The first-order valence-corrected chi connectivity index (χ1v) is 6.78. The lowest BCUT2D eigenvalue weighted by Crippen LogP contribution is -2.28. The van der Waals surface area contributed by atoms with Crippen LogP contribution in [0.4, 0.5) is 0 Å². The van der Waals surface area contributed by atoms with E-state index >= 15 is 0 Å². The van der Waals surface area contributed by atoms with Gasteiger partial charge in [0, 0.05) is 18.7 Å². The fourth-order valence-electron chi connectivity index (χ4n) is 2.25. The van der Waals surface area contributed by atoms with Crippen molar-refractivity contribution in [1.29, 1.82) is 0 Å². The second-order valence-electron chi connectivity index (χ2n) is 4.71. The van der Waals surface area contributed by atoms with Crippen LogP contribution < -0.4 is 9.47 Å². The number of hydrogen-bond donors (Lipinski definition) is 0. The van der Waals surface area contributed by atoms with E-state index in [2.05, 4.69) is 0 Å². The third kappa shape index (κ3) is 3.50. The van der Waals surface area contributed by atoms with Crippen molar-refractivity contribution in [1.82, 2.24) is 4.90 Å². The molecule has 5 nitrogen and oxygen atoms in total. The van der Waals surface area contributed by atoms with Gasteiger partial charge in [-0.15, -0.1) is 0 Å². The standard InChI is InChI=1S/C15H19NO4/c1-19-14-10-12(11-17)4-5-13(14)20-9-6-15(18)16-7-2-3-8-16/h4-5,10-11H,2-3,6-9H2,1H3. The van der Waals surface area contributed by atoms with Crippen molar-refractivity contribution in [3.8, 4) is 11.5 Å². The smallest absolute Gasteiger partial charge is 0.225 e. The molecular weight excluding hydrogens is 258 g/mol. The molecule has 108 valence electrons. The molecule has 0 aliphatic carbocycles. The maximum absolute atomic E-state index is 11.9. The molecule has 1 aromatic rings. The molecule has 1 saturated heterocycles. The summed E-state index contributed by atoms with van der Waals surface area (Å²) in [6, 6.07) is 4.96. The molecule has 0 saturated carbocycles. The number of rotatable bonds is 6. The Morgan fingerprint density at radius 2 is 2.05 bits per heavy atom. The van der Waals surface area contributed by atoms with Crippen molar-refractivity contribution < 1.29 is 19.1 Å². The Bertz CT molecular complexity index is 481.